The van der Waals surface area contributed by atoms with Gasteiger partial charge in [-0.3, -0.25) is 0 Å². The van der Waals surface area contributed by atoms with E-state index in [1.54, 1.807) is 12.3 Å². The van der Waals surface area contributed by atoms with E-state index < -0.39 is 5.82 Å². The van der Waals surface area contributed by atoms with E-state index >= 15 is 0 Å². The van der Waals surface area contributed by atoms with Crippen molar-refractivity contribution in [1.82, 2.24) is 4.57 Å². The van der Waals surface area contributed by atoms with Crippen LogP contribution < -0.4 is 4.80 Å². The Morgan fingerprint density at radius 1 is 1.36 bits per heavy atom. The lowest BCUT2D eigenvalue weighted by atomic mass is 10.2. The zero-order chi connectivity index (χ0) is 17.2. The molecule has 1 saturated heterocycles. The maximum atomic E-state index is 13.7. The number of furan rings is 1. The third-order valence-electron chi connectivity index (χ3n) is 4.11. The molecular weight excluding hydrogens is 363 g/mol. The van der Waals surface area contributed by atoms with E-state index in [0.717, 1.165) is 35.7 Å². The van der Waals surface area contributed by atoms with Gasteiger partial charge >= 0.3 is 0 Å². The van der Waals surface area contributed by atoms with Crippen molar-refractivity contribution in [1.29, 1.82) is 0 Å². The predicted molar refractivity (Wildman–Crippen MR) is 95.6 cm³/mol. The van der Waals surface area contributed by atoms with Gasteiger partial charge in [0, 0.05) is 18.1 Å². The van der Waals surface area contributed by atoms with Crippen LogP contribution in [-0.4, -0.2) is 17.3 Å². The fourth-order valence-corrected chi connectivity index (χ4v) is 3.91. The number of aromatic nitrogens is 1. The highest BCUT2D eigenvalue weighted by Gasteiger charge is 2.19. The van der Waals surface area contributed by atoms with Crippen LogP contribution >= 0.6 is 22.9 Å². The lowest BCUT2D eigenvalue weighted by molar-refractivity contribution is 0.0967. The van der Waals surface area contributed by atoms with Crippen molar-refractivity contribution in [3.63, 3.8) is 0 Å². The summed E-state index contributed by atoms with van der Waals surface area (Å²) in [7, 11) is 0. The van der Waals surface area contributed by atoms with E-state index in [2.05, 4.69) is 9.56 Å². The molecule has 3 heterocycles. The van der Waals surface area contributed by atoms with Gasteiger partial charge in [-0.15, -0.1) is 11.3 Å². The number of thiazole rings is 1. The molecule has 1 atom stereocenters. The molecule has 4 nitrogen and oxygen atoms in total. The largest absolute Gasteiger partial charge is 0.463 e. The second-order valence-electron chi connectivity index (χ2n) is 5.84. The second-order valence-corrected chi connectivity index (χ2v) is 7.08. The summed E-state index contributed by atoms with van der Waals surface area (Å²) in [5.41, 5.74) is 1.47. The molecule has 25 heavy (non-hydrogen) atoms. The van der Waals surface area contributed by atoms with Gasteiger partial charge in [0.15, 0.2) is 10.6 Å². The zero-order valence-electron chi connectivity index (χ0n) is 13.3. The highest BCUT2D eigenvalue weighted by Crippen LogP contribution is 2.24. The Morgan fingerprint density at radius 3 is 3.00 bits per heavy atom. The van der Waals surface area contributed by atoms with Gasteiger partial charge in [-0.25, -0.2) is 9.38 Å². The summed E-state index contributed by atoms with van der Waals surface area (Å²) in [5.74, 6) is 0.300. The smallest absolute Gasteiger partial charge is 0.190 e. The molecule has 0 spiro atoms. The third-order valence-corrected chi connectivity index (χ3v) is 5.28. The molecule has 0 saturated carbocycles. The van der Waals surface area contributed by atoms with Crippen LogP contribution in [0.5, 0.6) is 0 Å². The minimum absolute atomic E-state index is 0.0913. The first-order chi connectivity index (χ1) is 12.2. The Labute approximate surface area is 153 Å². The van der Waals surface area contributed by atoms with Crippen molar-refractivity contribution in [2.24, 2.45) is 4.99 Å². The van der Waals surface area contributed by atoms with E-state index in [1.807, 2.05) is 17.5 Å². The first kappa shape index (κ1) is 16.6. The molecule has 1 aliphatic rings. The molecule has 1 fully saturated rings. The summed E-state index contributed by atoms with van der Waals surface area (Å²) >= 11 is 7.24. The summed E-state index contributed by atoms with van der Waals surface area (Å²) in [6.45, 7) is 1.48. The van der Waals surface area contributed by atoms with Gasteiger partial charge in [-0.05, 0) is 37.1 Å². The predicted octanol–water partition coefficient (Wildman–Crippen LogP) is 5.01. The number of ether oxygens (including phenoxy) is 1. The van der Waals surface area contributed by atoms with E-state index in [4.69, 9.17) is 20.8 Å². The molecule has 1 aromatic carbocycles. The van der Waals surface area contributed by atoms with E-state index in [9.17, 15) is 4.39 Å². The highest BCUT2D eigenvalue weighted by molar-refractivity contribution is 7.07. The van der Waals surface area contributed by atoms with Crippen LogP contribution in [0.4, 0.5) is 10.1 Å². The van der Waals surface area contributed by atoms with Crippen molar-refractivity contribution in [3.05, 3.63) is 57.6 Å². The lowest BCUT2D eigenvalue weighted by Gasteiger charge is -2.13. The van der Waals surface area contributed by atoms with Crippen LogP contribution in [-0.2, 0) is 11.3 Å². The van der Waals surface area contributed by atoms with Gasteiger partial charge in [-0.1, -0.05) is 11.6 Å². The Morgan fingerprint density at radius 2 is 2.28 bits per heavy atom. The molecule has 0 amide bonds. The molecule has 0 N–H and O–H groups in total. The quantitative estimate of drug-likeness (QED) is 0.640. The van der Waals surface area contributed by atoms with Crippen molar-refractivity contribution < 1.29 is 13.5 Å². The summed E-state index contributed by atoms with van der Waals surface area (Å²) in [6, 6.07) is 8.33. The first-order valence-corrected chi connectivity index (χ1v) is 9.30. The van der Waals surface area contributed by atoms with Crippen molar-refractivity contribution >= 4 is 28.6 Å². The first-order valence-electron chi connectivity index (χ1n) is 8.04. The number of rotatable bonds is 4. The number of benzene rings is 1. The Kier molecular flexibility index (Phi) is 4.74. The number of halogens is 2. The number of hydrogen-bond acceptors (Lipinski definition) is 4. The van der Waals surface area contributed by atoms with E-state index in [0.29, 0.717) is 12.2 Å². The number of nitrogens with zero attached hydrogens (tertiary/aromatic N) is 2. The molecule has 1 unspecified atom stereocenters. The van der Waals surface area contributed by atoms with Crippen LogP contribution in [0.15, 0.2) is 51.4 Å². The molecule has 1 aliphatic heterocycles. The summed E-state index contributed by atoms with van der Waals surface area (Å²) in [6.07, 6.45) is 3.90. The summed E-state index contributed by atoms with van der Waals surface area (Å²) in [5, 5.41) is 2.09. The lowest BCUT2D eigenvalue weighted by Crippen LogP contribution is -2.23. The molecule has 7 heteroatoms. The molecular formula is C18H16ClFN2O2S. The molecule has 4 rings (SSSR count). The van der Waals surface area contributed by atoms with Crippen molar-refractivity contribution in [2.75, 3.05) is 6.61 Å². The zero-order valence-corrected chi connectivity index (χ0v) is 14.9. The van der Waals surface area contributed by atoms with Crippen molar-refractivity contribution in [3.8, 4) is 11.5 Å². The van der Waals surface area contributed by atoms with Crippen LogP contribution in [0.3, 0.4) is 0 Å². The van der Waals surface area contributed by atoms with Crippen LogP contribution in [0.1, 0.15) is 12.8 Å². The molecule has 0 aliphatic carbocycles. The molecule has 0 bridgehead atoms. The second kappa shape index (κ2) is 7.15. The molecule has 130 valence electrons. The fraction of sp³-hybridized carbons (Fsp3) is 0.278. The average molecular weight is 379 g/mol. The van der Waals surface area contributed by atoms with E-state index in [1.165, 1.54) is 23.5 Å². The van der Waals surface area contributed by atoms with E-state index in [-0.39, 0.29) is 11.1 Å². The van der Waals surface area contributed by atoms with Crippen LogP contribution in [0, 0.1) is 5.82 Å². The Bertz CT molecular complexity index is 927. The van der Waals surface area contributed by atoms with Crippen LogP contribution in [0.2, 0.25) is 5.02 Å². The highest BCUT2D eigenvalue weighted by atomic mass is 35.5. The summed E-state index contributed by atoms with van der Waals surface area (Å²) in [4.78, 5) is 5.37. The van der Waals surface area contributed by atoms with Gasteiger partial charge in [0.1, 0.15) is 5.82 Å². The van der Waals surface area contributed by atoms with Gasteiger partial charge < -0.3 is 13.7 Å². The minimum atomic E-state index is -0.476. The van der Waals surface area contributed by atoms with Gasteiger partial charge in [0.25, 0.3) is 0 Å². The maximum Gasteiger partial charge on any atom is 0.190 e. The summed E-state index contributed by atoms with van der Waals surface area (Å²) < 4.78 is 27.1. The third kappa shape index (κ3) is 3.56. The fourth-order valence-electron chi connectivity index (χ4n) is 2.87. The molecule has 2 aromatic heterocycles. The Balaban J connectivity index is 1.78. The normalized spacial score (nSPS) is 18.2. The van der Waals surface area contributed by atoms with Gasteiger partial charge in [-0.2, -0.15) is 0 Å². The molecule has 3 aromatic rings. The standard InChI is InChI=1S/C18H16ClFN2O2S/c19-14-6-5-12(9-15(14)20)21-18-22(10-13-3-1-7-23-13)16(11-25-18)17-4-2-8-24-17/h2,4-6,8-9,11,13H,1,3,7,10H2. The monoisotopic (exact) mass is 378 g/mol. The minimum Gasteiger partial charge on any atom is -0.463 e. The Hall–Kier alpha value is -1.89. The van der Waals surface area contributed by atoms with Gasteiger partial charge in [0.2, 0.25) is 0 Å². The topological polar surface area (TPSA) is 39.7 Å². The number of hydrogen-bond donors (Lipinski definition) is 0. The van der Waals surface area contributed by atoms with Crippen LogP contribution in [0.25, 0.3) is 11.5 Å². The SMILES string of the molecule is Fc1cc(N=c2scc(-c3ccco3)n2CC2CCCO2)ccc1Cl. The van der Waals surface area contributed by atoms with Gasteiger partial charge in [0.05, 0.1) is 35.3 Å². The molecule has 0 radical (unpaired) electrons. The van der Waals surface area contributed by atoms with Crippen molar-refractivity contribution in [2.45, 2.75) is 25.5 Å². The maximum absolute atomic E-state index is 13.7. The average Bonchev–Trinajstić information content (AvgIpc) is 3.34.